The van der Waals surface area contributed by atoms with Crippen LogP contribution in [0.15, 0.2) is 18.2 Å². The van der Waals surface area contributed by atoms with Gasteiger partial charge in [0.15, 0.2) is 0 Å². The van der Waals surface area contributed by atoms with Crippen molar-refractivity contribution in [2.45, 2.75) is 26.7 Å². The number of carbonyl (C=O) groups excluding carboxylic acids is 2. The van der Waals surface area contributed by atoms with Crippen LogP contribution in [0.4, 0.5) is 5.69 Å². The minimum Gasteiger partial charge on any atom is -0.466 e. The number of ether oxygens (including phenoxy) is 1. The first-order valence-corrected chi connectivity index (χ1v) is 7.65. The number of likely N-dealkylation sites (tertiary alicyclic amines) is 1. The summed E-state index contributed by atoms with van der Waals surface area (Å²) in [6.45, 7) is 4.52. The Morgan fingerprint density at radius 3 is 2.83 bits per heavy atom. The van der Waals surface area contributed by atoms with Crippen LogP contribution in [0.3, 0.4) is 0 Å². The van der Waals surface area contributed by atoms with E-state index in [-0.39, 0.29) is 29.0 Å². The van der Waals surface area contributed by atoms with Crippen molar-refractivity contribution >= 4 is 17.6 Å². The summed E-state index contributed by atoms with van der Waals surface area (Å²) in [5.74, 6) is -0.907. The van der Waals surface area contributed by atoms with E-state index in [0.29, 0.717) is 38.1 Å². The van der Waals surface area contributed by atoms with Crippen LogP contribution in [-0.2, 0) is 9.53 Å². The quantitative estimate of drug-likeness (QED) is 0.482. The van der Waals surface area contributed by atoms with Gasteiger partial charge in [0, 0.05) is 30.3 Å². The van der Waals surface area contributed by atoms with Crippen LogP contribution in [0.5, 0.6) is 0 Å². The van der Waals surface area contributed by atoms with Crippen molar-refractivity contribution < 1.29 is 19.2 Å². The van der Waals surface area contributed by atoms with Crippen molar-refractivity contribution in [1.82, 2.24) is 4.90 Å². The Hall–Kier alpha value is -2.44. The maximum atomic E-state index is 12.6. The van der Waals surface area contributed by atoms with E-state index in [4.69, 9.17) is 4.74 Å². The molecule has 1 unspecified atom stereocenters. The second kappa shape index (κ2) is 7.21. The van der Waals surface area contributed by atoms with E-state index in [0.717, 1.165) is 0 Å². The molecule has 0 bridgehead atoms. The second-order valence-electron chi connectivity index (χ2n) is 5.60. The van der Waals surface area contributed by atoms with Gasteiger partial charge in [-0.25, -0.2) is 0 Å². The fourth-order valence-corrected chi connectivity index (χ4v) is 2.74. The van der Waals surface area contributed by atoms with Crippen molar-refractivity contribution in [3.63, 3.8) is 0 Å². The average Bonchev–Trinajstić information content (AvgIpc) is 2.54. The van der Waals surface area contributed by atoms with Gasteiger partial charge in [0.25, 0.3) is 11.6 Å². The normalized spacial score (nSPS) is 17.7. The van der Waals surface area contributed by atoms with Crippen LogP contribution >= 0.6 is 0 Å². The molecule has 0 N–H and O–H groups in total. The Morgan fingerprint density at radius 2 is 2.17 bits per heavy atom. The molecule has 1 amide bonds. The molecule has 1 fully saturated rings. The van der Waals surface area contributed by atoms with Gasteiger partial charge in [-0.2, -0.15) is 0 Å². The highest BCUT2D eigenvalue weighted by Gasteiger charge is 2.30. The third-order valence-electron chi connectivity index (χ3n) is 3.98. The molecule has 2 rings (SSSR count). The number of hydrogen-bond donors (Lipinski definition) is 0. The van der Waals surface area contributed by atoms with Gasteiger partial charge in [-0.15, -0.1) is 0 Å². The first-order valence-electron chi connectivity index (χ1n) is 7.65. The number of nitro groups is 1. The summed E-state index contributed by atoms with van der Waals surface area (Å²) in [6, 6.07) is 4.45. The smallest absolute Gasteiger partial charge is 0.310 e. The molecule has 23 heavy (non-hydrogen) atoms. The predicted octanol–water partition coefficient (Wildman–Crippen LogP) is 2.32. The Morgan fingerprint density at radius 1 is 1.43 bits per heavy atom. The lowest BCUT2D eigenvalue weighted by Gasteiger charge is -2.31. The molecule has 1 atom stereocenters. The molecule has 1 aromatic carbocycles. The van der Waals surface area contributed by atoms with Crippen LogP contribution in [0.25, 0.3) is 0 Å². The molecule has 1 saturated heterocycles. The summed E-state index contributed by atoms with van der Waals surface area (Å²) >= 11 is 0. The van der Waals surface area contributed by atoms with Gasteiger partial charge in [0.05, 0.1) is 17.4 Å². The highest BCUT2D eigenvalue weighted by atomic mass is 16.6. The number of piperidine rings is 1. The fraction of sp³-hybridized carbons (Fsp3) is 0.500. The maximum Gasteiger partial charge on any atom is 0.310 e. The minimum atomic E-state index is -0.496. The highest BCUT2D eigenvalue weighted by molar-refractivity contribution is 5.95. The van der Waals surface area contributed by atoms with Gasteiger partial charge < -0.3 is 9.64 Å². The van der Waals surface area contributed by atoms with Crippen LogP contribution in [0.1, 0.15) is 35.7 Å². The van der Waals surface area contributed by atoms with Gasteiger partial charge in [-0.3, -0.25) is 19.7 Å². The van der Waals surface area contributed by atoms with Crippen molar-refractivity contribution in [1.29, 1.82) is 0 Å². The van der Waals surface area contributed by atoms with Gasteiger partial charge >= 0.3 is 5.97 Å². The van der Waals surface area contributed by atoms with E-state index >= 15 is 0 Å². The summed E-state index contributed by atoms with van der Waals surface area (Å²) in [6.07, 6.45) is 1.40. The van der Waals surface area contributed by atoms with Gasteiger partial charge in [-0.05, 0) is 32.8 Å². The molecule has 0 aliphatic carbocycles. The third kappa shape index (κ3) is 3.85. The van der Waals surface area contributed by atoms with Crippen LogP contribution < -0.4 is 0 Å². The van der Waals surface area contributed by atoms with Crippen molar-refractivity contribution in [2.75, 3.05) is 19.7 Å². The number of hydrogen-bond acceptors (Lipinski definition) is 5. The molecular formula is C16H20N2O5. The van der Waals surface area contributed by atoms with E-state index in [1.54, 1.807) is 30.9 Å². The zero-order valence-electron chi connectivity index (χ0n) is 13.3. The number of nitro benzene ring substituents is 1. The number of rotatable bonds is 4. The molecule has 1 aliphatic heterocycles. The summed E-state index contributed by atoms with van der Waals surface area (Å²) in [5.41, 5.74) is 0.705. The van der Waals surface area contributed by atoms with Crippen LogP contribution in [0, 0.1) is 23.0 Å². The molecule has 7 heteroatoms. The molecule has 1 heterocycles. The van der Waals surface area contributed by atoms with E-state index in [2.05, 4.69) is 0 Å². The molecular weight excluding hydrogens is 300 g/mol. The number of amides is 1. The topological polar surface area (TPSA) is 89.8 Å². The third-order valence-corrected chi connectivity index (χ3v) is 3.98. The van der Waals surface area contributed by atoms with Crippen molar-refractivity contribution in [3.05, 3.63) is 39.4 Å². The monoisotopic (exact) mass is 320 g/mol. The molecule has 1 aliphatic rings. The van der Waals surface area contributed by atoms with Gasteiger partial charge in [0.1, 0.15) is 0 Å². The van der Waals surface area contributed by atoms with Crippen LogP contribution in [-0.4, -0.2) is 41.4 Å². The Balaban J connectivity index is 2.15. The Kier molecular flexibility index (Phi) is 5.31. The second-order valence-corrected chi connectivity index (χ2v) is 5.60. The Labute approximate surface area is 134 Å². The zero-order valence-corrected chi connectivity index (χ0v) is 13.3. The average molecular weight is 320 g/mol. The van der Waals surface area contributed by atoms with E-state index in [9.17, 15) is 19.7 Å². The van der Waals surface area contributed by atoms with Gasteiger partial charge in [0.2, 0.25) is 0 Å². The molecule has 124 valence electrons. The zero-order chi connectivity index (χ0) is 17.0. The number of carbonyl (C=O) groups is 2. The molecule has 0 radical (unpaired) electrons. The summed E-state index contributed by atoms with van der Waals surface area (Å²) in [4.78, 5) is 36.5. The summed E-state index contributed by atoms with van der Waals surface area (Å²) in [7, 11) is 0. The molecule has 0 saturated carbocycles. The Bertz CT molecular complexity index is 629. The van der Waals surface area contributed by atoms with E-state index in [1.165, 1.54) is 6.07 Å². The van der Waals surface area contributed by atoms with E-state index in [1.807, 2.05) is 0 Å². The number of esters is 1. The highest BCUT2D eigenvalue weighted by Crippen LogP contribution is 2.23. The van der Waals surface area contributed by atoms with Gasteiger partial charge in [-0.1, -0.05) is 6.07 Å². The van der Waals surface area contributed by atoms with Crippen molar-refractivity contribution in [3.8, 4) is 0 Å². The minimum absolute atomic E-state index is 0.0743. The summed E-state index contributed by atoms with van der Waals surface area (Å²) in [5, 5.41) is 11.0. The predicted molar refractivity (Wildman–Crippen MR) is 83.1 cm³/mol. The lowest BCUT2D eigenvalue weighted by atomic mass is 9.97. The first-order chi connectivity index (χ1) is 10.9. The number of aryl methyl sites for hydroxylation is 1. The molecule has 1 aromatic rings. The number of nitrogens with zero attached hydrogens (tertiary/aromatic N) is 2. The largest absolute Gasteiger partial charge is 0.466 e. The standard InChI is InChI=1S/C16H20N2O5/c1-3-23-16(20)13-5-4-8-17(10-13)15(19)12-7-6-11(2)14(9-12)18(21)22/h6-7,9,13H,3-5,8,10H2,1-2H3. The summed E-state index contributed by atoms with van der Waals surface area (Å²) < 4.78 is 5.02. The maximum absolute atomic E-state index is 12.6. The first kappa shape index (κ1) is 16.9. The molecule has 0 spiro atoms. The SMILES string of the molecule is CCOC(=O)C1CCCN(C(=O)c2ccc(C)c([N+](=O)[O-])c2)C1. The lowest BCUT2D eigenvalue weighted by Crippen LogP contribution is -2.42. The van der Waals surface area contributed by atoms with E-state index < -0.39 is 4.92 Å². The fourth-order valence-electron chi connectivity index (χ4n) is 2.74. The van der Waals surface area contributed by atoms with Crippen LogP contribution in [0.2, 0.25) is 0 Å². The lowest BCUT2D eigenvalue weighted by molar-refractivity contribution is -0.385. The number of benzene rings is 1. The van der Waals surface area contributed by atoms with Crippen molar-refractivity contribution in [2.24, 2.45) is 5.92 Å². The molecule has 0 aromatic heterocycles. The molecule has 7 nitrogen and oxygen atoms in total.